The summed E-state index contributed by atoms with van der Waals surface area (Å²) in [4.78, 5) is 22.7. The molecule has 0 aliphatic rings. The molecule has 2 atom stereocenters. The van der Waals surface area contributed by atoms with E-state index in [1.54, 1.807) is 6.92 Å². The van der Waals surface area contributed by atoms with Crippen LogP contribution < -0.4 is 16.8 Å². The van der Waals surface area contributed by atoms with Gasteiger partial charge in [-0.1, -0.05) is 30.3 Å². The van der Waals surface area contributed by atoms with Crippen LogP contribution in [0.5, 0.6) is 0 Å². The highest BCUT2D eigenvalue weighted by Crippen LogP contribution is 2.03. The number of rotatable bonds is 5. The van der Waals surface area contributed by atoms with Crippen molar-refractivity contribution >= 4 is 11.8 Å². The molecule has 0 saturated carbocycles. The number of nitrogens with one attached hydrogen (secondary N) is 1. The number of carbonyl (C=O) groups is 2. The van der Waals surface area contributed by atoms with Gasteiger partial charge in [0, 0.05) is 6.42 Å². The van der Waals surface area contributed by atoms with E-state index in [0.717, 1.165) is 5.56 Å². The molecule has 6 N–H and O–H groups in total. The average molecular weight is 236 g/mol. The Morgan fingerprint density at radius 1 is 1.35 bits per heavy atom. The monoisotopic (exact) mass is 236 g/mol. The number of hydrogen-bond donors (Lipinski definition) is 3. The van der Waals surface area contributed by atoms with Crippen LogP contribution in [0.1, 0.15) is 12.5 Å². The summed E-state index contributed by atoms with van der Waals surface area (Å²) >= 11 is 0. The van der Waals surface area contributed by atoms with Crippen molar-refractivity contribution < 1.29 is 15.3 Å². The van der Waals surface area contributed by atoms with E-state index in [1.165, 1.54) is 0 Å². The zero-order valence-electron chi connectivity index (χ0n) is 9.85. The van der Waals surface area contributed by atoms with Gasteiger partial charge >= 0.3 is 0 Å². The molecule has 0 radical (unpaired) electrons. The minimum absolute atomic E-state index is 0.273. The fourth-order valence-electron chi connectivity index (χ4n) is 1.39. The maximum atomic E-state index is 11.5. The van der Waals surface area contributed by atoms with Crippen molar-refractivity contribution in [2.45, 2.75) is 25.4 Å². The molecule has 1 aromatic carbocycles. The van der Waals surface area contributed by atoms with Gasteiger partial charge in [-0.15, -0.1) is 0 Å². The minimum atomic E-state index is -0.686. The number of benzene rings is 1. The first kappa shape index (κ1) is 13.2. The third kappa shape index (κ3) is 4.24. The molecule has 0 aliphatic carbocycles. The summed E-state index contributed by atoms with van der Waals surface area (Å²) in [6, 6.07) is 8.31. The fourth-order valence-corrected chi connectivity index (χ4v) is 1.39. The lowest BCUT2D eigenvalue weighted by atomic mass is 10.1. The van der Waals surface area contributed by atoms with Gasteiger partial charge in [-0.05, 0) is 12.5 Å². The number of nitrogens with two attached hydrogens (primary N) is 1. The molecule has 0 fully saturated rings. The lowest BCUT2D eigenvalue weighted by molar-refractivity contribution is -0.398. The summed E-state index contributed by atoms with van der Waals surface area (Å²) in [6.07, 6.45) is 0.397. The second-order valence-corrected chi connectivity index (χ2v) is 4.05. The van der Waals surface area contributed by atoms with E-state index in [4.69, 9.17) is 5.73 Å². The molecule has 0 spiro atoms. The molecule has 17 heavy (non-hydrogen) atoms. The number of hydrogen-bond acceptors (Lipinski definition) is 2. The van der Waals surface area contributed by atoms with Crippen LogP contribution >= 0.6 is 0 Å². The molecular formula is C12H18N3O2+. The van der Waals surface area contributed by atoms with Crippen molar-refractivity contribution in [3.05, 3.63) is 35.9 Å². The first-order valence-corrected chi connectivity index (χ1v) is 5.47. The molecular weight excluding hydrogens is 218 g/mol. The van der Waals surface area contributed by atoms with Crippen LogP contribution in [0.15, 0.2) is 30.3 Å². The predicted molar refractivity (Wildman–Crippen MR) is 63.6 cm³/mol. The second kappa shape index (κ2) is 6.00. The van der Waals surface area contributed by atoms with Gasteiger partial charge in [0.15, 0.2) is 6.04 Å². The van der Waals surface area contributed by atoms with E-state index >= 15 is 0 Å². The zero-order valence-corrected chi connectivity index (χ0v) is 9.85. The van der Waals surface area contributed by atoms with Crippen LogP contribution in [0.25, 0.3) is 0 Å². The molecule has 1 rings (SSSR count). The first-order chi connectivity index (χ1) is 8.00. The Hall–Kier alpha value is -1.88. The van der Waals surface area contributed by atoms with Gasteiger partial charge in [0.05, 0.1) is 0 Å². The van der Waals surface area contributed by atoms with Crippen molar-refractivity contribution in [3.63, 3.8) is 0 Å². The molecule has 1 aromatic rings. The third-order valence-electron chi connectivity index (χ3n) is 2.39. The summed E-state index contributed by atoms with van der Waals surface area (Å²) in [5.41, 5.74) is 9.80. The molecule has 0 unspecified atom stereocenters. The summed E-state index contributed by atoms with van der Waals surface area (Å²) in [6.45, 7) is 1.66. The normalized spacial score (nSPS) is 13.8. The predicted octanol–water partition coefficient (Wildman–Crippen LogP) is -1.17. The molecule has 0 bridgehead atoms. The maximum Gasteiger partial charge on any atom is 0.278 e. The molecule has 0 aromatic heterocycles. The molecule has 0 saturated heterocycles. The summed E-state index contributed by atoms with van der Waals surface area (Å²) in [5, 5.41) is 2.59. The number of quaternary nitrogens is 1. The smallest absolute Gasteiger partial charge is 0.278 e. The van der Waals surface area contributed by atoms with Crippen LogP contribution in [0.2, 0.25) is 0 Å². The summed E-state index contributed by atoms with van der Waals surface area (Å²) < 4.78 is 0. The quantitative estimate of drug-likeness (QED) is 0.600. The number of carbonyl (C=O) groups excluding carboxylic acids is 2. The van der Waals surface area contributed by atoms with Crippen molar-refractivity contribution in [1.29, 1.82) is 0 Å². The Morgan fingerprint density at radius 2 is 1.94 bits per heavy atom. The van der Waals surface area contributed by atoms with Gasteiger partial charge in [-0.2, -0.15) is 0 Å². The van der Waals surface area contributed by atoms with Crippen LogP contribution in [0.4, 0.5) is 0 Å². The standard InChI is InChI=1S/C12H17N3O2/c1-8(13)12(17)15-10(11(14)16)7-9-5-3-2-4-6-9/h2-6,8,10H,7,13H2,1H3,(H2,14,16)(H,15,17)/p+1/t8-,10-/m0/s1. The molecule has 5 nitrogen and oxygen atoms in total. The van der Waals surface area contributed by atoms with E-state index in [1.807, 2.05) is 30.3 Å². The summed E-state index contributed by atoms with van der Waals surface area (Å²) in [7, 11) is 0. The van der Waals surface area contributed by atoms with Crippen LogP contribution in [0.3, 0.4) is 0 Å². The van der Waals surface area contributed by atoms with Gasteiger partial charge in [0.1, 0.15) is 6.04 Å². The molecule has 92 valence electrons. The highest BCUT2D eigenvalue weighted by molar-refractivity contribution is 5.88. The van der Waals surface area contributed by atoms with Crippen molar-refractivity contribution in [1.82, 2.24) is 5.32 Å². The van der Waals surface area contributed by atoms with Crippen LogP contribution in [-0.4, -0.2) is 23.9 Å². The zero-order chi connectivity index (χ0) is 12.8. The molecule has 2 amide bonds. The van der Waals surface area contributed by atoms with Gasteiger partial charge in [0.25, 0.3) is 5.91 Å². The Kier molecular flexibility index (Phi) is 4.66. The highest BCUT2D eigenvalue weighted by Gasteiger charge is 2.21. The van der Waals surface area contributed by atoms with Gasteiger partial charge in [-0.25, -0.2) is 0 Å². The molecule has 0 heterocycles. The number of primary amides is 1. The lowest BCUT2D eigenvalue weighted by Crippen LogP contribution is -2.67. The average Bonchev–Trinajstić information content (AvgIpc) is 2.29. The van der Waals surface area contributed by atoms with Crippen LogP contribution in [-0.2, 0) is 16.0 Å². The van der Waals surface area contributed by atoms with Gasteiger partial charge in [0.2, 0.25) is 5.91 Å². The second-order valence-electron chi connectivity index (χ2n) is 4.05. The first-order valence-electron chi connectivity index (χ1n) is 5.47. The molecule has 0 aliphatic heterocycles. The Bertz CT molecular complexity index is 390. The van der Waals surface area contributed by atoms with Crippen LogP contribution in [0, 0.1) is 0 Å². The molecule has 5 heteroatoms. The van der Waals surface area contributed by atoms with E-state index in [2.05, 4.69) is 11.1 Å². The van der Waals surface area contributed by atoms with E-state index in [0.29, 0.717) is 6.42 Å². The van der Waals surface area contributed by atoms with Gasteiger partial charge in [-0.3, -0.25) is 9.59 Å². The SMILES string of the molecule is C[C@H]([NH3+])C(=O)N[C@@H](Cc1ccccc1)C(N)=O. The van der Waals surface area contributed by atoms with Crippen molar-refractivity contribution in [2.75, 3.05) is 0 Å². The van der Waals surface area contributed by atoms with Gasteiger partial charge < -0.3 is 16.8 Å². The van der Waals surface area contributed by atoms with E-state index in [9.17, 15) is 9.59 Å². The minimum Gasteiger partial charge on any atom is -0.368 e. The van der Waals surface area contributed by atoms with Crippen molar-refractivity contribution in [3.8, 4) is 0 Å². The highest BCUT2D eigenvalue weighted by atomic mass is 16.2. The largest absolute Gasteiger partial charge is 0.368 e. The van der Waals surface area contributed by atoms with E-state index < -0.39 is 18.0 Å². The third-order valence-corrected chi connectivity index (χ3v) is 2.39. The number of amides is 2. The topological polar surface area (TPSA) is 99.8 Å². The summed E-state index contributed by atoms with van der Waals surface area (Å²) in [5.74, 6) is -0.812. The Morgan fingerprint density at radius 3 is 2.41 bits per heavy atom. The van der Waals surface area contributed by atoms with Crippen molar-refractivity contribution in [2.24, 2.45) is 5.73 Å². The Labute approximate surface area is 100 Å². The Balaban J connectivity index is 2.68. The fraction of sp³-hybridized carbons (Fsp3) is 0.333. The lowest BCUT2D eigenvalue weighted by Gasteiger charge is -2.15. The van der Waals surface area contributed by atoms with E-state index in [-0.39, 0.29) is 5.91 Å². The maximum absolute atomic E-state index is 11.5.